The van der Waals surface area contributed by atoms with Crippen molar-refractivity contribution < 1.29 is 26.3 Å². The molecule has 1 aliphatic heterocycles. The molecule has 0 spiro atoms. The first kappa shape index (κ1) is 22.3. The van der Waals surface area contributed by atoms with E-state index in [2.05, 4.69) is 10.1 Å². The van der Waals surface area contributed by atoms with Gasteiger partial charge in [0.25, 0.3) is 0 Å². The second kappa shape index (κ2) is 7.93. The van der Waals surface area contributed by atoms with Crippen LogP contribution in [0.5, 0.6) is 5.75 Å². The van der Waals surface area contributed by atoms with Crippen LogP contribution < -0.4 is 4.74 Å². The van der Waals surface area contributed by atoms with Crippen molar-refractivity contribution in [3.63, 3.8) is 0 Å². The minimum absolute atomic E-state index is 0.0822. The zero-order valence-corrected chi connectivity index (χ0v) is 18.4. The topological polar surface area (TPSA) is 73.6 Å². The van der Waals surface area contributed by atoms with Crippen molar-refractivity contribution in [2.45, 2.75) is 29.3 Å². The van der Waals surface area contributed by atoms with E-state index in [0.29, 0.717) is 10.6 Å². The zero-order valence-electron chi connectivity index (χ0n) is 16.8. The van der Waals surface area contributed by atoms with Crippen LogP contribution in [0.25, 0.3) is 0 Å². The van der Waals surface area contributed by atoms with Crippen LogP contribution in [0, 0.1) is 0 Å². The van der Waals surface area contributed by atoms with Gasteiger partial charge in [0.15, 0.2) is 21.3 Å². The third kappa shape index (κ3) is 3.77. The Kier molecular flexibility index (Phi) is 5.54. The molecule has 0 bridgehead atoms. The van der Waals surface area contributed by atoms with Gasteiger partial charge >= 0.3 is 6.18 Å². The predicted octanol–water partition coefficient (Wildman–Crippen LogP) is 5.10. The molecule has 0 aliphatic carbocycles. The third-order valence-corrected chi connectivity index (χ3v) is 7.65. The highest BCUT2D eigenvalue weighted by atomic mass is 35.5. The van der Waals surface area contributed by atoms with E-state index in [1.165, 1.54) is 26.2 Å². The van der Waals surface area contributed by atoms with E-state index in [-0.39, 0.29) is 22.2 Å². The number of halogens is 4. The van der Waals surface area contributed by atoms with E-state index >= 15 is 0 Å². The summed E-state index contributed by atoms with van der Waals surface area (Å²) in [5.41, 5.74) is -0.597. The predicted molar refractivity (Wildman–Crippen MR) is 114 cm³/mol. The Labute approximate surface area is 187 Å². The fourth-order valence-corrected chi connectivity index (χ4v) is 5.99. The molecular formula is C21H17ClF3N3O3S. The Morgan fingerprint density at radius 3 is 2.38 bits per heavy atom. The minimum atomic E-state index is -4.71. The highest BCUT2D eigenvalue weighted by Crippen LogP contribution is 2.42. The van der Waals surface area contributed by atoms with Crippen molar-refractivity contribution in [3.05, 3.63) is 70.9 Å². The maximum atomic E-state index is 13.8. The number of rotatable bonds is 4. The summed E-state index contributed by atoms with van der Waals surface area (Å²) in [5.74, 6) is 0.0404. The number of ether oxygens (including phenoxy) is 1. The molecule has 2 aromatic carbocycles. The van der Waals surface area contributed by atoms with Gasteiger partial charge in [0.05, 0.1) is 7.11 Å². The van der Waals surface area contributed by atoms with Gasteiger partial charge in [-0.15, -0.1) is 0 Å². The van der Waals surface area contributed by atoms with Gasteiger partial charge < -0.3 is 4.74 Å². The highest BCUT2D eigenvalue weighted by molar-refractivity contribution is 7.93. The van der Waals surface area contributed by atoms with Crippen LogP contribution in [0.2, 0.25) is 5.02 Å². The molecule has 0 saturated heterocycles. The zero-order chi connectivity index (χ0) is 23.3. The lowest BCUT2D eigenvalue weighted by Crippen LogP contribution is -2.41. The van der Waals surface area contributed by atoms with E-state index in [4.69, 9.17) is 16.3 Å². The number of benzene rings is 2. The number of alkyl halides is 3. The smallest absolute Gasteiger partial charge is 0.435 e. The standard InChI is InChI=1S/C21H17ClF3N3O3S/c1-12-20(32(29,30)16-6-4-3-5-15(16)31-2)19(13-7-9-14(22)10-8-13)28-18(26-12)11-17(27-28)21(23,24)25/h3-11,19-20H,1-2H3. The van der Waals surface area contributed by atoms with Crippen molar-refractivity contribution in [1.29, 1.82) is 0 Å². The molecule has 2 atom stereocenters. The summed E-state index contributed by atoms with van der Waals surface area (Å²) >= 11 is 5.98. The molecule has 0 fully saturated rings. The Morgan fingerprint density at radius 1 is 1.09 bits per heavy atom. The van der Waals surface area contributed by atoms with Gasteiger partial charge in [0.1, 0.15) is 21.9 Å². The Hall–Kier alpha value is -2.85. The summed E-state index contributed by atoms with van der Waals surface area (Å²) in [4.78, 5) is 4.08. The van der Waals surface area contributed by atoms with E-state index < -0.39 is 33.0 Å². The molecule has 0 radical (unpaired) electrons. The molecular weight excluding hydrogens is 467 g/mol. The van der Waals surface area contributed by atoms with Crippen molar-refractivity contribution in [2.24, 2.45) is 4.99 Å². The van der Waals surface area contributed by atoms with Crippen LogP contribution in [0.3, 0.4) is 0 Å². The number of sulfone groups is 1. The van der Waals surface area contributed by atoms with Crippen LogP contribution in [0.1, 0.15) is 24.2 Å². The first-order chi connectivity index (χ1) is 15.0. The van der Waals surface area contributed by atoms with Crippen molar-refractivity contribution in [1.82, 2.24) is 9.78 Å². The molecule has 3 aromatic rings. The van der Waals surface area contributed by atoms with E-state index in [1.807, 2.05) is 0 Å². The third-order valence-electron chi connectivity index (χ3n) is 5.18. The monoisotopic (exact) mass is 483 g/mol. The molecule has 0 N–H and O–H groups in total. The van der Waals surface area contributed by atoms with Crippen LogP contribution in [0.15, 0.2) is 64.5 Å². The molecule has 0 saturated carbocycles. The minimum Gasteiger partial charge on any atom is -0.495 e. The molecule has 32 heavy (non-hydrogen) atoms. The van der Waals surface area contributed by atoms with Crippen LogP contribution >= 0.6 is 11.6 Å². The second-order valence-corrected chi connectivity index (χ2v) is 9.67. The van der Waals surface area contributed by atoms with Gasteiger partial charge in [-0.3, -0.25) is 0 Å². The average molecular weight is 484 g/mol. The van der Waals surface area contributed by atoms with Gasteiger partial charge in [-0.05, 0) is 36.8 Å². The molecule has 6 nitrogen and oxygen atoms in total. The first-order valence-electron chi connectivity index (χ1n) is 9.38. The summed E-state index contributed by atoms with van der Waals surface area (Å²) in [5, 5.41) is 2.77. The molecule has 4 rings (SSSR count). The fraction of sp³-hybridized carbons (Fsp3) is 0.238. The number of hydrogen-bond donors (Lipinski definition) is 0. The van der Waals surface area contributed by atoms with Gasteiger partial charge in [0, 0.05) is 16.8 Å². The number of aromatic nitrogens is 2. The summed E-state index contributed by atoms with van der Waals surface area (Å²) in [6.07, 6.45) is -4.71. The second-order valence-electron chi connectivity index (χ2n) is 7.20. The Bertz CT molecular complexity index is 1300. The Morgan fingerprint density at radius 2 is 1.75 bits per heavy atom. The molecule has 2 heterocycles. The van der Waals surface area contributed by atoms with Gasteiger partial charge in [-0.25, -0.2) is 18.1 Å². The normalized spacial score (nSPS) is 18.8. The van der Waals surface area contributed by atoms with E-state index in [9.17, 15) is 21.6 Å². The summed E-state index contributed by atoms with van der Waals surface area (Å²) < 4.78 is 73.9. The number of hydrogen-bond acceptors (Lipinski definition) is 5. The number of para-hydroxylation sites is 1. The van der Waals surface area contributed by atoms with Crippen molar-refractivity contribution in [3.8, 4) is 5.75 Å². The molecule has 11 heteroatoms. The Balaban J connectivity index is 1.97. The van der Waals surface area contributed by atoms with Gasteiger partial charge in [-0.1, -0.05) is 35.9 Å². The molecule has 0 amide bonds. The molecule has 2 unspecified atom stereocenters. The average Bonchev–Trinajstić information content (AvgIpc) is 3.17. The van der Waals surface area contributed by atoms with Crippen LogP contribution in [0.4, 0.5) is 19.0 Å². The van der Waals surface area contributed by atoms with E-state index in [1.54, 1.807) is 36.4 Å². The van der Waals surface area contributed by atoms with Crippen LogP contribution in [-0.4, -0.2) is 36.3 Å². The maximum absolute atomic E-state index is 13.8. The molecule has 168 valence electrons. The van der Waals surface area contributed by atoms with Crippen molar-refractivity contribution in [2.75, 3.05) is 7.11 Å². The summed E-state index contributed by atoms with van der Waals surface area (Å²) in [7, 11) is -2.82. The first-order valence-corrected chi connectivity index (χ1v) is 11.3. The van der Waals surface area contributed by atoms with Gasteiger partial charge in [-0.2, -0.15) is 18.3 Å². The van der Waals surface area contributed by atoms with Crippen LogP contribution in [-0.2, 0) is 16.0 Å². The molecule has 1 aliphatic rings. The van der Waals surface area contributed by atoms with Crippen molar-refractivity contribution >= 4 is 33.0 Å². The molecule has 1 aromatic heterocycles. The fourth-order valence-electron chi connectivity index (χ4n) is 3.77. The lowest BCUT2D eigenvalue weighted by atomic mass is 10.00. The lowest BCUT2D eigenvalue weighted by Gasteiger charge is -2.32. The number of methoxy groups -OCH3 is 1. The SMILES string of the molecule is COc1ccccc1S(=O)(=O)C1C(C)=Nc2cc(C(F)(F)F)nn2C1c1ccc(Cl)cc1. The number of nitrogens with zero attached hydrogens (tertiary/aromatic N) is 3. The highest BCUT2D eigenvalue weighted by Gasteiger charge is 2.45. The largest absolute Gasteiger partial charge is 0.495 e. The quantitative estimate of drug-likeness (QED) is 0.517. The van der Waals surface area contributed by atoms with Gasteiger partial charge in [0.2, 0.25) is 0 Å². The summed E-state index contributed by atoms with van der Waals surface area (Å²) in [6.45, 7) is 1.48. The number of fused-ring (bicyclic) bond motifs is 1. The van der Waals surface area contributed by atoms with E-state index in [0.717, 1.165) is 10.7 Å². The number of aliphatic imine (C=N–C) groups is 1. The summed E-state index contributed by atoms with van der Waals surface area (Å²) in [6, 6.07) is 12.0. The lowest BCUT2D eigenvalue weighted by molar-refractivity contribution is -0.141. The maximum Gasteiger partial charge on any atom is 0.435 e.